The Morgan fingerprint density at radius 2 is 2.24 bits per heavy atom. The lowest BCUT2D eigenvalue weighted by molar-refractivity contribution is 0.674. The van der Waals surface area contributed by atoms with Crippen LogP contribution in [0.15, 0.2) is 18.2 Å². The third kappa shape index (κ3) is 2.28. The molecule has 0 fully saturated rings. The molecule has 0 radical (unpaired) electrons. The summed E-state index contributed by atoms with van der Waals surface area (Å²) in [7, 11) is 0. The van der Waals surface area contributed by atoms with Gasteiger partial charge in [-0.25, -0.2) is 0 Å². The predicted octanol–water partition coefficient (Wildman–Crippen LogP) is 3.98. The van der Waals surface area contributed by atoms with E-state index in [1.54, 1.807) is 0 Å². The quantitative estimate of drug-likeness (QED) is 0.854. The molecule has 1 N–H and O–H groups in total. The van der Waals surface area contributed by atoms with Crippen molar-refractivity contribution in [1.29, 1.82) is 0 Å². The van der Waals surface area contributed by atoms with E-state index in [0.717, 1.165) is 34.9 Å². The molecule has 0 aliphatic carbocycles. The van der Waals surface area contributed by atoms with Crippen LogP contribution >= 0.6 is 23.8 Å². The third-order valence-electron chi connectivity index (χ3n) is 2.71. The molecule has 0 atom stereocenters. The van der Waals surface area contributed by atoms with Gasteiger partial charge in [0.2, 0.25) is 0 Å². The number of H-pyrrole nitrogens is 1. The molecular formula is C12H14ClN3S. The molecule has 2 aromatic rings. The summed E-state index contributed by atoms with van der Waals surface area (Å²) >= 11 is 11.4. The zero-order valence-electron chi connectivity index (χ0n) is 9.83. The van der Waals surface area contributed by atoms with Gasteiger partial charge in [0.1, 0.15) is 0 Å². The molecule has 3 nitrogen and oxygen atoms in total. The van der Waals surface area contributed by atoms with Crippen LogP contribution in [-0.2, 0) is 6.54 Å². The first-order valence-corrected chi connectivity index (χ1v) is 6.34. The van der Waals surface area contributed by atoms with E-state index < -0.39 is 0 Å². The number of nitrogens with zero attached hydrogens (tertiary/aromatic N) is 2. The monoisotopic (exact) mass is 267 g/mol. The van der Waals surface area contributed by atoms with E-state index in [-0.39, 0.29) is 0 Å². The number of nitrogens with one attached hydrogen (secondary N) is 1. The SMILES string of the molecule is CCCn1c(-c2cccc(Cl)c2C)n[nH]c1=S. The van der Waals surface area contributed by atoms with E-state index >= 15 is 0 Å². The lowest BCUT2D eigenvalue weighted by Crippen LogP contribution is -2.01. The van der Waals surface area contributed by atoms with Crippen LogP contribution in [0, 0.1) is 11.7 Å². The second-order valence-corrected chi connectivity index (χ2v) is 4.71. The fourth-order valence-corrected chi connectivity index (χ4v) is 2.20. The second kappa shape index (κ2) is 5.02. The molecule has 90 valence electrons. The minimum Gasteiger partial charge on any atom is -0.300 e. The highest BCUT2D eigenvalue weighted by Gasteiger charge is 2.11. The molecule has 2 rings (SSSR count). The minimum absolute atomic E-state index is 0.654. The van der Waals surface area contributed by atoms with Gasteiger partial charge >= 0.3 is 0 Å². The first kappa shape index (κ1) is 12.3. The van der Waals surface area contributed by atoms with Gasteiger partial charge in [-0.1, -0.05) is 30.7 Å². The standard InChI is InChI=1S/C12H14ClN3S/c1-3-7-16-11(14-15-12(16)17)9-5-4-6-10(13)8(9)2/h4-6H,3,7H2,1-2H3,(H,15,17). The number of benzene rings is 1. The Bertz CT molecular complexity index is 586. The predicted molar refractivity (Wildman–Crippen MR) is 72.9 cm³/mol. The van der Waals surface area contributed by atoms with Crippen LogP contribution in [0.3, 0.4) is 0 Å². The molecule has 0 bridgehead atoms. The minimum atomic E-state index is 0.654. The zero-order chi connectivity index (χ0) is 12.4. The van der Waals surface area contributed by atoms with E-state index in [0.29, 0.717) is 4.77 Å². The van der Waals surface area contributed by atoms with Crippen LogP contribution in [0.4, 0.5) is 0 Å². The number of rotatable bonds is 3. The molecule has 0 unspecified atom stereocenters. The summed E-state index contributed by atoms with van der Waals surface area (Å²) < 4.78 is 2.66. The van der Waals surface area contributed by atoms with Crippen molar-refractivity contribution in [3.05, 3.63) is 33.6 Å². The molecular weight excluding hydrogens is 254 g/mol. The topological polar surface area (TPSA) is 33.6 Å². The summed E-state index contributed by atoms with van der Waals surface area (Å²) in [5.74, 6) is 0.858. The van der Waals surface area contributed by atoms with Crippen molar-refractivity contribution in [3.63, 3.8) is 0 Å². The van der Waals surface area contributed by atoms with Gasteiger partial charge < -0.3 is 4.57 Å². The van der Waals surface area contributed by atoms with Crippen molar-refractivity contribution in [2.45, 2.75) is 26.8 Å². The van der Waals surface area contributed by atoms with Gasteiger partial charge in [0.15, 0.2) is 10.6 Å². The average molecular weight is 268 g/mol. The van der Waals surface area contributed by atoms with E-state index in [1.165, 1.54) is 0 Å². The van der Waals surface area contributed by atoms with Crippen molar-refractivity contribution >= 4 is 23.8 Å². The van der Waals surface area contributed by atoms with Crippen LogP contribution in [-0.4, -0.2) is 14.8 Å². The molecule has 1 aromatic heterocycles. The van der Waals surface area contributed by atoms with Crippen molar-refractivity contribution < 1.29 is 0 Å². The van der Waals surface area contributed by atoms with Gasteiger partial charge in [-0.2, -0.15) is 5.10 Å². The normalized spacial score (nSPS) is 10.8. The Morgan fingerprint density at radius 3 is 2.94 bits per heavy atom. The summed E-state index contributed by atoms with van der Waals surface area (Å²) in [5.41, 5.74) is 2.05. The lowest BCUT2D eigenvalue weighted by Gasteiger charge is -2.08. The van der Waals surface area contributed by atoms with Gasteiger partial charge in [0, 0.05) is 17.1 Å². The number of hydrogen-bond acceptors (Lipinski definition) is 2. The molecule has 1 aromatic carbocycles. The van der Waals surface area contributed by atoms with Crippen LogP contribution in [0.2, 0.25) is 5.02 Å². The number of hydrogen-bond donors (Lipinski definition) is 1. The number of aromatic amines is 1. The highest BCUT2D eigenvalue weighted by Crippen LogP contribution is 2.27. The average Bonchev–Trinajstić information content (AvgIpc) is 2.66. The first-order valence-electron chi connectivity index (χ1n) is 5.55. The molecule has 0 aliphatic heterocycles. The Balaban J connectivity index is 2.60. The maximum atomic E-state index is 6.13. The molecule has 1 heterocycles. The van der Waals surface area contributed by atoms with Crippen LogP contribution in [0.25, 0.3) is 11.4 Å². The molecule has 17 heavy (non-hydrogen) atoms. The van der Waals surface area contributed by atoms with Gasteiger partial charge in [-0.3, -0.25) is 5.10 Å². The summed E-state index contributed by atoms with van der Waals surface area (Å²) in [4.78, 5) is 0. The summed E-state index contributed by atoms with van der Waals surface area (Å²) in [6.45, 7) is 4.96. The third-order valence-corrected chi connectivity index (χ3v) is 3.44. The first-order chi connectivity index (χ1) is 8.15. The molecule has 0 aliphatic rings. The molecule has 0 saturated carbocycles. The largest absolute Gasteiger partial charge is 0.300 e. The molecule has 5 heteroatoms. The lowest BCUT2D eigenvalue weighted by atomic mass is 10.1. The molecule has 0 amide bonds. The Kier molecular flexibility index (Phi) is 3.64. The Morgan fingerprint density at radius 1 is 1.47 bits per heavy atom. The van der Waals surface area contributed by atoms with E-state index in [2.05, 4.69) is 17.1 Å². The Labute approximate surface area is 110 Å². The maximum absolute atomic E-state index is 6.13. The highest BCUT2D eigenvalue weighted by atomic mass is 35.5. The molecule has 0 saturated heterocycles. The zero-order valence-corrected chi connectivity index (χ0v) is 11.4. The smallest absolute Gasteiger partial charge is 0.195 e. The van der Waals surface area contributed by atoms with Gasteiger partial charge in [-0.05, 0) is 37.2 Å². The van der Waals surface area contributed by atoms with Crippen LogP contribution in [0.1, 0.15) is 18.9 Å². The fraction of sp³-hybridized carbons (Fsp3) is 0.333. The van der Waals surface area contributed by atoms with Crippen molar-refractivity contribution in [1.82, 2.24) is 14.8 Å². The second-order valence-electron chi connectivity index (χ2n) is 3.92. The van der Waals surface area contributed by atoms with Gasteiger partial charge in [-0.15, -0.1) is 0 Å². The van der Waals surface area contributed by atoms with Crippen molar-refractivity contribution in [3.8, 4) is 11.4 Å². The van der Waals surface area contributed by atoms with Crippen LogP contribution in [0.5, 0.6) is 0 Å². The van der Waals surface area contributed by atoms with Crippen LogP contribution < -0.4 is 0 Å². The summed E-state index contributed by atoms with van der Waals surface area (Å²) in [6, 6.07) is 5.82. The molecule has 0 spiro atoms. The fourth-order valence-electron chi connectivity index (χ4n) is 1.80. The van der Waals surface area contributed by atoms with Gasteiger partial charge in [0.05, 0.1) is 0 Å². The van der Waals surface area contributed by atoms with Gasteiger partial charge in [0.25, 0.3) is 0 Å². The summed E-state index contributed by atoms with van der Waals surface area (Å²) in [6.07, 6.45) is 1.01. The van der Waals surface area contributed by atoms with Crippen molar-refractivity contribution in [2.75, 3.05) is 0 Å². The Hall–Kier alpha value is -1.13. The maximum Gasteiger partial charge on any atom is 0.195 e. The summed E-state index contributed by atoms with van der Waals surface area (Å²) in [5, 5.41) is 7.88. The van der Waals surface area contributed by atoms with E-state index in [1.807, 2.05) is 29.7 Å². The number of aromatic nitrogens is 3. The van der Waals surface area contributed by atoms with E-state index in [4.69, 9.17) is 23.8 Å². The number of halogens is 1. The highest BCUT2D eigenvalue weighted by molar-refractivity contribution is 7.71. The van der Waals surface area contributed by atoms with E-state index in [9.17, 15) is 0 Å². The van der Waals surface area contributed by atoms with Crippen molar-refractivity contribution in [2.24, 2.45) is 0 Å².